The maximum atomic E-state index is 13.5. The summed E-state index contributed by atoms with van der Waals surface area (Å²) in [6, 6.07) is 12.7. The van der Waals surface area contributed by atoms with E-state index in [-0.39, 0.29) is 29.0 Å². The number of aryl methyl sites for hydroxylation is 1. The average Bonchev–Trinajstić information content (AvgIpc) is 2.76. The first kappa shape index (κ1) is 19.8. The lowest BCUT2D eigenvalue weighted by atomic mass is 9.78. The van der Waals surface area contributed by atoms with E-state index in [1.165, 1.54) is 16.4 Å². The fourth-order valence-corrected chi connectivity index (χ4v) is 5.83. The number of nitrogens with zero attached hydrogens (tertiary/aromatic N) is 1. The van der Waals surface area contributed by atoms with Gasteiger partial charge in [-0.1, -0.05) is 36.2 Å². The van der Waals surface area contributed by atoms with Crippen molar-refractivity contribution >= 4 is 21.9 Å². The van der Waals surface area contributed by atoms with E-state index in [1.807, 2.05) is 6.92 Å². The summed E-state index contributed by atoms with van der Waals surface area (Å²) in [6.45, 7) is 2.18. The minimum Gasteiger partial charge on any atom is -0.299 e. The molecule has 0 aromatic heterocycles. The van der Waals surface area contributed by atoms with Gasteiger partial charge in [-0.05, 0) is 62.1 Å². The molecule has 1 saturated carbocycles. The van der Waals surface area contributed by atoms with Gasteiger partial charge in [0.15, 0.2) is 0 Å². The minimum absolute atomic E-state index is 0.0939. The smallest absolute Gasteiger partial charge is 0.264 e. The lowest BCUT2D eigenvalue weighted by molar-refractivity contribution is -0.127. The molecule has 0 N–H and O–H groups in total. The lowest BCUT2D eigenvalue weighted by Crippen LogP contribution is -2.34. The number of rotatable bonds is 3. The van der Waals surface area contributed by atoms with E-state index in [9.17, 15) is 17.6 Å². The second kappa shape index (κ2) is 7.75. The highest BCUT2D eigenvalue weighted by Crippen LogP contribution is 2.40. The molecular weight excluding hydrogens is 389 g/mol. The Morgan fingerprint density at radius 2 is 1.69 bits per heavy atom. The maximum Gasteiger partial charge on any atom is 0.264 e. The Kier molecular flexibility index (Phi) is 5.30. The van der Waals surface area contributed by atoms with Crippen LogP contribution in [-0.2, 0) is 14.8 Å². The van der Waals surface area contributed by atoms with Gasteiger partial charge in [-0.2, -0.15) is 0 Å². The van der Waals surface area contributed by atoms with Gasteiger partial charge in [0.2, 0.25) is 0 Å². The highest BCUT2D eigenvalue weighted by molar-refractivity contribution is 7.89. The van der Waals surface area contributed by atoms with Crippen LogP contribution in [0.15, 0.2) is 59.1 Å². The number of Topliss-reactive ketones (excluding diaryl/α,β-unsaturated/α-hetero) is 1. The Labute approximate surface area is 171 Å². The Bertz CT molecular complexity index is 1040. The molecule has 2 aromatic rings. The second-order valence-electron chi connectivity index (χ2n) is 7.88. The van der Waals surface area contributed by atoms with Gasteiger partial charge in [0.1, 0.15) is 11.6 Å². The summed E-state index contributed by atoms with van der Waals surface area (Å²) >= 11 is 0. The number of halogens is 1. The lowest BCUT2D eigenvalue weighted by Gasteiger charge is -2.30. The van der Waals surface area contributed by atoms with Gasteiger partial charge in [0.25, 0.3) is 10.0 Å². The van der Waals surface area contributed by atoms with Crippen LogP contribution in [0.2, 0.25) is 0 Å². The van der Waals surface area contributed by atoms with E-state index >= 15 is 0 Å². The van der Waals surface area contributed by atoms with Crippen LogP contribution in [0.1, 0.15) is 36.8 Å². The van der Waals surface area contributed by atoms with Gasteiger partial charge >= 0.3 is 0 Å². The molecule has 2 atom stereocenters. The highest BCUT2D eigenvalue weighted by Gasteiger charge is 2.42. The number of fused-ring (bicyclic) bond motifs is 2. The molecule has 1 aliphatic heterocycles. The first-order valence-electron chi connectivity index (χ1n) is 9.96. The zero-order chi connectivity index (χ0) is 20.6. The van der Waals surface area contributed by atoms with Gasteiger partial charge in [-0.15, -0.1) is 0 Å². The summed E-state index contributed by atoms with van der Waals surface area (Å²) in [7, 11) is -3.80. The molecule has 1 aliphatic carbocycles. The summed E-state index contributed by atoms with van der Waals surface area (Å²) in [4.78, 5) is 13.2. The van der Waals surface area contributed by atoms with E-state index in [1.54, 1.807) is 42.5 Å². The molecule has 29 heavy (non-hydrogen) atoms. The molecule has 1 saturated heterocycles. The van der Waals surface area contributed by atoms with Crippen molar-refractivity contribution in [3.63, 3.8) is 0 Å². The van der Waals surface area contributed by atoms with Crippen molar-refractivity contribution in [1.29, 1.82) is 0 Å². The number of carbonyl (C=O) groups excluding carboxylic acids is 1. The van der Waals surface area contributed by atoms with Gasteiger partial charge in [0, 0.05) is 18.2 Å². The minimum atomic E-state index is -3.80. The van der Waals surface area contributed by atoms with Crippen LogP contribution in [0.4, 0.5) is 4.39 Å². The van der Waals surface area contributed by atoms with Crippen LogP contribution in [0.25, 0.3) is 6.08 Å². The predicted molar refractivity (Wildman–Crippen MR) is 110 cm³/mol. The number of sulfonamides is 1. The molecule has 2 fully saturated rings. The van der Waals surface area contributed by atoms with Gasteiger partial charge in [0.05, 0.1) is 10.8 Å². The summed E-state index contributed by atoms with van der Waals surface area (Å²) in [6.07, 6.45) is 4.63. The number of hydrogen-bond donors (Lipinski definition) is 0. The monoisotopic (exact) mass is 413 g/mol. The third-order valence-corrected chi connectivity index (χ3v) is 7.75. The number of ketones is 1. The highest BCUT2D eigenvalue weighted by atomic mass is 32.2. The fraction of sp³-hybridized carbons (Fsp3) is 0.348. The second-order valence-corrected chi connectivity index (χ2v) is 9.74. The van der Waals surface area contributed by atoms with Gasteiger partial charge in [-0.3, -0.25) is 9.10 Å². The van der Waals surface area contributed by atoms with Crippen LogP contribution in [0.5, 0.6) is 0 Å². The molecule has 0 spiro atoms. The summed E-state index contributed by atoms with van der Waals surface area (Å²) in [5.41, 5.74) is 2.17. The van der Waals surface area contributed by atoms with Crippen molar-refractivity contribution < 1.29 is 17.6 Å². The molecule has 2 unspecified atom stereocenters. The van der Waals surface area contributed by atoms with Crippen LogP contribution in [-0.4, -0.2) is 25.1 Å². The van der Waals surface area contributed by atoms with Crippen molar-refractivity contribution in [3.05, 3.63) is 71.2 Å². The standard InChI is InChI=1S/C23H24FNO3S/c1-16-5-11-20(12-6-16)29(27,28)25-14-13-18-3-2-4-21(23(18)26)22(25)15-17-7-9-19(24)10-8-17/h5-12,15,18,21H,2-4,13-14H2,1H3/b22-15+. The number of allylic oxidation sites excluding steroid dienone is 1. The van der Waals surface area contributed by atoms with E-state index < -0.39 is 15.9 Å². The summed E-state index contributed by atoms with van der Waals surface area (Å²) < 4.78 is 41.8. The topological polar surface area (TPSA) is 54.5 Å². The Hall–Kier alpha value is -2.47. The van der Waals surface area contributed by atoms with Crippen molar-refractivity contribution in [2.75, 3.05) is 6.54 Å². The number of hydrogen-bond acceptors (Lipinski definition) is 3. The van der Waals surface area contributed by atoms with Gasteiger partial charge < -0.3 is 0 Å². The molecule has 2 aromatic carbocycles. The third-order valence-electron chi connectivity index (χ3n) is 5.91. The third kappa shape index (κ3) is 3.86. The molecule has 6 heteroatoms. The molecular formula is C23H24FNO3S. The van der Waals surface area contributed by atoms with Crippen molar-refractivity contribution in [3.8, 4) is 0 Å². The zero-order valence-electron chi connectivity index (χ0n) is 16.3. The first-order valence-corrected chi connectivity index (χ1v) is 11.4. The number of benzene rings is 2. The van der Waals surface area contributed by atoms with Crippen molar-refractivity contribution in [2.24, 2.45) is 11.8 Å². The van der Waals surface area contributed by atoms with E-state index in [0.717, 1.165) is 18.4 Å². The van der Waals surface area contributed by atoms with Crippen LogP contribution < -0.4 is 0 Å². The molecule has 0 radical (unpaired) electrons. The Morgan fingerprint density at radius 1 is 1.00 bits per heavy atom. The first-order chi connectivity index (χ1) is 13.9. The molecule has 4 rings (SSSR count). The molecule has 152 valence electrons. The molecule has 1 heterocycles. The molecule has 2 aliphatic rings. The average molecular weight is 414 g/mol. The van der Waals surface area contributed by atoms with Gasteiger partial charge in [-0.25, -0.2) is 12.8 Å². The quantitative estimate of drug-likeness (QED) is 0.742. The Balaban J connectivity index is 1.83. The molecule has 4 nitrogen and oxygen atoms in total. The van der Waals surface area contributed by atoms with Crippen LogP contribution in [0, 0.1) is 24.6 Å². The number of carbonyl (C=O) groups is 1. The van der Waals surface area contributed by atoms with Crippen molar-refractivity contribution in [1.82, 2.24) is 4.31 Å². The normalized spacial score (nSPS) is 23.9. The maximum absolute atomic E-state index is 13.5. The summed E-state index contributed by atoms with van der Waals surface area (Å²) in [5, 5.41) is 0. The van der Waals surface area contributed by atoms with Crippen LogP contribution >= 0.6 is 0 Å². The van der Waals surface area contributed by atoms with Crippen molar-refractivity contribution in [2.45, 2.75) is 37.5 Å². The zero-order valence-corrected chi connectivity index (χ0v) is 17.2. The molecule has 2 bridgehead atoms. The fourth-order valence-electron chi connectivity index (χ4n) is 4.29. The molecule has 0 amide bonds. The SMILES string of the molecule is Cc1ccc(S(=O)(=O)N2CCC3CCCC(C3=O)/C2=C\c2ccc(F)cc2)cc1. The summed E-state index contributed by atoms with van der Waals surface area (Å²) in [5.74, 6) is -0.762. The van der Waals surface area contributed by atoms with E-state index in [2.05, 4.69) is 0 Å². The largest absolute Gasteiger partial charge is 0.299 e. The van der Waals surface area contributed by atoms with E-state index in [4.69, 9.17) is 0 Å². The van der Waals surface area contributed by atoms with E-state index in [0.29, 0.717) is 24.1 Å². The predicted octanol–water partition coefficient (Wildman–Crippen LogP) is 4.56. The van der Waals surface area contributed by atoms with Crippen LogP contribution in [0.3, 0.4) is 0 Å². The Morgan fingerprint density at radius 3 is 2.38 bits per heavy atom.